The number of unbranched alkanes of at least 4 members (excludes halogenated alkanes) is 35. The molecule has 0 heterocycles. The molecule has 0 bridgehead atoms. The number of carbonyl (C=O) groups is 2. The summed E-state index contributed by atoms with van der Waals surface area (Å²) < 4.78 is 30.7. The van der Waals surface area contributed by atoms with E-state index >= 15 is 0 Å². The van der Waals surface area contributed by atoms with Crippen LogP contribution in [0.1, 0.15) is 290 Å². The standard InChI is InChI=1S/C61H117N2O7P/c1-7-10-13-16-19-22-25-28-30-31-33-36-39-42-45-48-51-54-61(65)70-59(52-49-46-43-40-37-34-27-24-21-18-15-12-9-3)58(57-69-71(66,67)68-56-55-63(4,5)6)62-60(64)53-50-47-44-41-38-35-32-29-26-23-20-17-14-11-8-2/h23,26,28,30,49,52,58-59H,7-22,24-25,27,29,31-48,50-51,53-57H2,1-6H3,(H-,62,64,66,67)/p+1/b26-23-,30-28+,52-49+. The van der Waals surface area contributed by atoms with Gasteiger partial charge in [-0.15, -0.1) is 0 Å². The molecular weight excluding hydrogens is 904 g/mol. The fourth-order valence-electron chi connectivity index (χ4n) is 8.81. The van der Waals surface area contributed by atoms with E-state index in [-0.39, 0.29) is 31.5 Å². The topological polar surface area (TPSA) is 111 Å². The minimum absolute atomic E-state index is 0.0402. The predicted octanol–water partition coefficient (Wildman–Crippen LogP) is 18.3. The van der Waals surface area contributed by atoms with Crippen LogP contribution in [-0.4, -0.2) is 74.3 Å². The average Bonchev–Trinajstić information content (AvgIpc) is 3.33. The molecule has 0 saturated heterocycles. The molecule has 0 aliphatic carbocycles. The predicted molar refractivity (Wildman–Crippen MR) is 305 cm³/mol. The second-order valence-corrected chi connectivity index (χ2v) is 23.3. The largest absolute Gasteiger partial charge is 0.472 e. The zero-order valence-electron chi connectivity index (χ0n) is 47.7. The van der Waals surface area contributed by atoms with Gasteiger partial charge in [-0.3, -0.25) is 18.6 Å². The lowest BCUT2D eigenvalue weighted by molar-refractivity contribution is -0.870. The zero-order valence-corrected chi connectivity index (χ0v) is 48.6. The summed E-state index contributed by atoms with van der Waals surface area (Å²) in [6.45, 7) is 7.01. The summed E-state index contributed by atoms with van der Waals surface area (Å²) in [4.78, 5) is 37.7. The van der Waals surface area contributed by atoms with Crippen LogP contribution in [0.2, 0.25) is 0 Å². The fourth-order valence-corrected chi connectivity index (χ4v) is 9.55. The highest BCUT2D eigenvalue weighted by Gasteiger charge is 2.30. The Hall–Kier alpha value is -1.77. The van der Waals surface area contributed by atoms with Gasteiger partial charge in [-0.1, -0.05) is 231 Å². The molecule has 0 aromatic carbocycles. The Morgan fingerprint density at radius 3 is 1.21 bits per heavy atom. The van der Waals surface area contributed by atoms with Crippen molar-refractivity contribution in [2.75, 3.05) is 40.9 Å². The maximum absolute atomic E-state index is 13.5. The molecule has 1 amide bonds. The second-order valence-electron chi connectivity index (χ2n) is 21.9. The van der Waals surface area contributed by atoms with Crippen LogP contribution >= 0.6 is 7.82 Å². The number of quaternary nitrogens is 1. The van der Waals surface area contributed by atoms with Crippen molar-refractivity contribution >= 4 is 19.7 Å². The molecule has 9 nitrogen and oxygen atoms in total. The molecule has 3 atom stereocenters. The summed E-state index contributed by atoms with van der Waals surface area (Å²) in [5, 5.41) is 3.05. The van der Waals surface area contributed by atoms with Gasteiger partial charge in [0, 0.05) is 12.8 Å². The molecule has 0 aromatic rings. The van der Waals surface area contributed by atoms with E-state index in [0.29, 0.717) is 17.4 Å². The van der Waals surface area contributed by atoms with E-state index in [4.69, 9.17) is 13.8 Å². The Morgan fingerprint density at radius 1 is 0.479 bits per heavy atom. The van der Waals surface area contributed by atoms with Crippen LogP contribution in [-0.2, 0) is 27.9 Å². The van der Waals surface area contributed by atoms with Crippen molar-refractivity contribution in [1.29, 1.82) is 0 Å². The van der Waals surface area contributed by atoms with Gasteiger partial charge in [0.05, 0.1) is 33.8 Å². The first-order valence-corrected chi connectivity index (χ1v) is 31.8. The molecule has 10 heteroatoms. The van der Waals surface area contributed by atoms with Gasteiger partial charge in [-0.2, -0.15) is 0 Å². The highest BCUT2D eigenvalue weighted by atomic mass is 31.2. The summed E-state index contributed by atoms with van der Waals surface area (Å²) in [6.07, 6.45) is 61.3. The minimum Gasteiger partial charge on any atom is -0.456 e. The lowest BCUT2D eigenvalue weighted by atomic mass is 10.0. The third-order valence-electron chi connectivity index (χ3n) is 13.6. The number of hydrogen-bond acceptors (Lipinski definition) is 6. The number of phosphoric acid groups is 1. The Bertz CT molecular complexity index is 1310. The molecule has 0 aliphatic heterocycles. The van der Waals surface area contributed by atoms with Gasteiger partial charge in [0.1, 0.15) is 19.3 Å². The third-order valence-corrected chi connectivity index (χ3v) is 14.5. The SMILES string of the molecule is CCCCCC/C=C\CCCCCCCCCC(=O)NC(COP(=O)(O)OCC[N+](C)(C)C)C(/C=C/CCCCCCCCCCCCC)OC(=O)CCCCCCCCC/C=C/CCCCCCCC. The summed E-state index contributed by atoms with van der Waals surface area (Å²) in [5.41, 5.74) is 0. The van der Waals surface area contributed by atoms with Crippen molar-refractivity contribution in [3.63, 3.8) is 0 Å². The molecule has 418 valence electrons. The van der Waals surface area contributed by atoms with Crippen molar-refractivity contribution in [3.05, 3.63) is 36.5 Å². The van der Waals surface area contributed by atoms with Crippen LogP contribution in [0.3, 0.4) is 0 Å². The Labute approximate surface area is 440 Å². The summed E-state index contributed by atoms with van der Waals surface area (Å²) >= 11 is 0. The van der Waals surface area contributed by atoms with Crippen LogP contribution in [0.5, 0.6) is 0 Å². The first-order chi connectivity index (χ1) is 34.4. The summed E-state index contributed by atoms with van der Waals surface area (Å²) in [5.74, 6) is -0.506. The Kier molecular flexibility index (Phi) is 50.4. The van der Waals surface area contributed by atoms with E-state index in [0.717, 1.165) is 70.6 Å². The number of likely N-dealkylation sites (N-methyl/N-ethyl adjacent to an activating group) is 1. The van der Waals surface area contributed by atoms with E-state index < -0.39 is 20.0 Å². The fraction of sp³-hybridized carbons (Fsp3) is 0.869. The Morgan fingerprint density at radius 2 is 0.817 bits per heavy atom. The minimum atomic E-state index is -4.44. The first-order valence-electron chi connectivity index (χ1n) is 30.3. The second kappa shape index (κ2) is 51.7. The summed E-state index contributed by atoms with van der Waals surface area (Å²) in [7, 11) is 1.50. The number of allylic oxidation sites excluding steroid dienone is 5. The number of hydrogen-bond donors (Lipinski definition) is 2. The van der Waals surface area contributed by atoms with E-state index in [1.807, 2.05) is 33.3 Å². The van der Waals surface area contributed by atoms with E-state index in [2.05, 4.69) is 50.4 Å². The van der Waals surface area contributed by atoms with Gasteiger partial charge >= 0.3 is 13.8 Å². The molecule has 2 N–H and O–H groups in total. The molecule has 0 aliphatic rings. The number of phosphoric ester groups is 1. The number of nitrogens with one attached hydrogen (secondary N) is 1. The third kappa shape index (κ3) is 52.9. The van der Waals surface area contributed by atoms with Gasteiger partial charge in [-0.25, -0.2) is 4.57 Å². The van der Waals surface area contributed by atoms with Gasteiger partial charge in [0.2, 0.25) is 5.91 Å². The Balaban J connectivity index is 5.32. The molecule has 71 heavy (non-hydrogen) atoms. The highest BCUT2D eigenvalue weighted by Crippen LogP contribution is 2.43. The zero-order chi connectivity index (χ0) is 52.2. The summed E-state index contributed by atoms with van der Waals surface area (Å²) in [6, 6.07) is -0.849. The van der Waals surface area contributed by atoms with Crippen LogP contribution in [0.25, 0.3) is 0 Å². The highest BCUT2D eigenvalue weighted by molar-refractivity contribution is 7.47. The first kappa shape index (κ1) is 69.2. The van der Waals surface area contributed by atoms with E-state index in [1.54, 1.807) is 0 Å². The molecule has 0 rings (SSSR count). The number of rotatable bonds is 55. The molecule has 0 fully saturated rings. The van der Waals surface area contributed by atoms with Crippen LogP contribution < -0.4 is 5.32 Å². The average molecular weight is 1020 g/mol. The lowest BCUT2D eigenvalue weighted by Gasteiger charge is -2.27. The van der Waals surface area contributed by atoms with Crippen molar-refractivity contribution in [2.45, 2.75) is 303 Å². The maximum Gasteiger partial charge on any atom is 0.472 e. The van der Waals surface area contributed by atoms with Crippen molar-refractivity contribution in [1.82, 2.24) is 5.32 Å². The molecule has 0 aromatic heterocycles. The molecular formula is C61H118N2O7P+. The van der Waals surface area contributed by atoms with E-state index in [1.165, 1.54) is 186 Å². The van der Waals surface area contributed by atoms with Gasteiger partial charge in [0.25, 0.3) is 0 Å². The number of nitrogens with zero attached hydrogens (tertiary/aromatic N) is 1. The number of carbonyl (C=O) groups excluding carboxylic acids is 2. The van der Waals surface area contributed by atoms with Gasteiger partial charge in [-0.05, 0) is 83.1 Å². The van der Waals surface area contributed by atoms with Crippen LogP contribution in [0, 0.1) is 0 Å². The normalized spacial score (nSPS) is 14.0. The van der Waals surface area contributed by atoms with Gasteiger partial charge < -0.3 is 19.4 Å². The number of amides is 1. The van der Waals surface area contributed by atoms with Crippen molar-refractivity contribution in [2.24, 2.45) is 0 Å². The maximum atomic E-state index is 13.5. The lowest BCUT2D eigenvalue weighted by Crippen LogP contribution is -2.47. The monoisotopic (exact) mass is 1020 g/mol. The number of esters is 1. The quantitative estimate of drug-likeness (QED) is 0.0205. The van der Waals surface area contributed by atoms with Crippen molar-refractivity contribution in [3.8, 4) is 0 Å². The van der Waals surface area contributed by atoms with Crippen molar-refractivity contribution < 1.29 is 37.3 Å². The molecule has 0 spiro atoms. The van der Waals surface area contributed by atoms with Crippen LogP contribution in [0.4, 0.5) is 0 Å². The number of ether oxygens (including phenoxy) is 1. The van der Waals surface area contributed by atoms with Gasteiger partial charge in [0.15, 0.2) is 0 Å². The molecule has 3 unspecified atom stereocenters. The smallest absolute Gasteiger partial charge is 0.456 e. The molecule has 0 radical (unpaired) electrons. The van der Waals surface area contributed by atoms with E-state index in [9.17, 15) is 19.0 Å². The molecule has 0 saturated carbocycles. The van der Waals surface area contributed by atoms with Crippen LogP contribution in [0.15, 0.2) is 36.5 Å².